The summed E-state index contributed by atoms with van der Waals surface area (Å²) in [7, 11) is -1.34. The molecule has 1 aliphatic rings. The number of amides is 2. The first-order chi connectivity index (χ1) is 9.27. The van der Waals surface area contributed by atoms with Crippen molar-refractivity contribution in [1.29, 1.82) is 0 Å². The first-order valence-electron chi connectivity index (χ1n) is 6.59. The van der Waals surface area contributed by atoms with E-state index < -0.39 is 9.84 Å². The Bertz CT molecular complexity index is 605. The Morgan fingerprint density at radius 1 is 1.25 bits per heavy atom. The predicted molar refractivity (Wildman–Crippen MR) is 79.8 cm³/mol. The molecule has 1 aliphatic heterocycles. The number of sulfone groups is 1. The highest BCUT2D eigenvalue weighted by Crippen LogP contribution is 2.19. The summed E-state index contributed by atoms with van der Waals surface area (Å²) in [5.41, 5.74) is 2.89. The van der Waals surface area contributed by atoms with Gasteiger partial charge in [0.25, 0.3) is 0 Å². The van der Waals surface area contributed by atoms with Crippen LogP contribution in [0.2, 0.25) is 0 Å². The van der Waals surface area contributed by atoms with Crippen molar-refractivity contribution < 1.29 is 13.2 Å². The van der Waals surface area contributed by atoms with Crippen molar-refractivity contribution in [3.8, 4) is 0 Å². The topological polar surface area (TPSA) is 66.5 Å². The second kappa shape index (κ2) is 5.44. The fraction of sp³-hybridized carbons (Fsp3) is 0.500. The predicted octanol–water partition coefficient (Wildman–Crippen LogP) is 1.95. The summed E-state index contributed by atoms with van der Waals surface area (Å²) in [6, 6.07) is 5.32. The fourth-order valence-corrected chi connectivity index (χ4v) is 4.28. The van der Waals surface area contributed by atoms with Crippen LogP contribution >= 0.6 is 0 Å². The molecule has 0 saturated carbocycles. The van der Waals surface area contributed by atoms with Gasteiger partial charge in [0.15, 0.2) is 9.84 Å². The molecule has 6 heteroatoms. The summed E-state index contributed by atoms with van der Waals surface area (Å²) in [6.07, 6.45) is 0.513. The Kier molecular flexibility index (Phi) is 4.04. The number of rotatable bonds is 2. The highest BCUT2D eigenvalue weighted by Gasteiger charge is 2.32. The van der Waals surface area contributed by atoms with Crippen molar-refractivity contribution in [3.05, 3.63) is 29.3 Å². The van der Waals surface area contributed by atoms with Crippen molar-refractivity contribution >= 4 is 21.6 Å². The molecule has 1 atom stereocenters. The van der Waals surface area contributed by atoms with Crippen LogP contribution in [0.1, 0.15) is 17.5 Å². The zero-order valence-electron chi connectivity index (χ0n) is 12.0. The van der Waals surface area contributed by atoms with E-state index in [0.717, 1.165) is 16.8 Å². The molecule has 1 fully saturated rings. The van der Waals surface area contributed by atoms with Gasteiger partial charge in [-0.3, -0.25) is 0 Å². The molecule has 2 rings (SSSR count). The van der Waals surface area contributed by atoms with Gasteiger partial charge in [-0.05, 0) is 43.5 Å². The molecule has 1 heterocycles. The van der Waals surface area contributed by atoms with Crippen LogP contribution in [0.25, 0.3) is 0 Å². The van der Waals surface area contributed by atoms with Crippen molar-refractivity contribution in [2.45, 2.75) is 26.3 Å². The van der Waals surface area contributed by atoms with Crippen molar-refractivity contribution in [3.63, 3.8) is 0 Å². The summed E-state index contributed by atoms with van der Waals surface area (Å²) in [5.74, 6) is 0.225. The van der Waals surface area contributed by atoms with Gasteiger partial charge in [-0.15, -0.1) is 0 Å². The summed E-state index contributed by atoms with van der Waals surface area (Å²) in [5, 5.41) is 2.82. The van der Waals surface area contributed by atoms with E-state index in [1.807, 2.05) is 32.0 Å². The van der Waals surface area contributed by atoms with E-state index in [2.05, 4.69) is 5.32 Å². The lowest BCUT2D eigenvalue weighted by Gasteiger charge is -2.23. The normalized spacial score (nSPS) is 20.6. The molecule has 0 aliphatic carbocycles. The van der Waals surface area contributed by atoms with Crippen LogP contribution < -0.4 is 5.32 Å². The number of nitrogens with zero attached hydrogens (tertiary/aromatic N) is 1. The van der Waals surface area contributed by atoms with Gasteiger partial charge in [0.05, 0.1) is 11.5 Å². The molecule has 0 aromatic heterocycles. The van der Waals surface area contributed by atoms with Crippen molar-refractivity contribution in [1.82, 2.24) is 4.90 Å². The first-order valence-corrected chi connectivity index (χ1v) is 8.41. The lowest BCUT2D eigenvalue weighted by Crippen LogP contribution is -2.40. The van der Waals surface area contributed by atoms with Gasteiger partial charge in [-0.2, -0.15) is 0 Å². The van der Waals surface area contributed by atoms with E-state index in [4.69, 9.17) is 0 Å². The number of aryl methyl sites for hydroxylation is 2. The SMILES string of the molecule is Cc1cc(C)cc(NC(=O)N(C)C2CCS(=O)(=O)C2)c1. The molecule has 5 nitrogen and oxygen atoms in total. The molecule has 0 radical (unpaired) electrons. The number of carbonyl (C=O) groups is 1. The van der Waals surface area contributed by atoms with Crippen LogP contribution in [0.3, 0.4) is 0 Å². The third kappa shape index (κ3) is 3.50. The molecule has 2 amide bonds. The third-order valence-electron chi connectivity index (χ3n) is 3.55. The zero-order valence-corrected chi connectivity index (χ0v) is 12.8. The molecular weight excluding hydrogens is 276 g/mol. The summed E-state index contributed by atoms with van der Waals surface area (Å²) in [4.78, 5) is 13.6. The highest BCUT2D eigenvalue weighted by molar-refractivity contribution is 7.91. The number of benzene rings is 1. The molecule has 1 aromatic rings. The van der Waals surface area contributed by atoms with E-state index in [1.165, 1.54) is 4.90 Å². The minimum atomic E-state index is -2.98. The Balaban J connectivity index is 2.04. The average molecular weight is 296 g/mol. The minimum Gasteiger partial charge on any atom is -0.324 e. The number of urea groups is 1. The van der Waals surface area contributed by atoms with Crippen LogP contribution in [0.5, 0.6) is 0 Å². The first kappa shape index (κ1) is 14.8. The number of anilines is 1. The monoisotopic (exact) mass is 296 g/mol. The lowest BCUT2D eigenvalue weighted by molar-refractivity contribution is 0.209. The van der Waals surface area contributed by atoms with Crippen LogP contribution in [-0.4, -0.2) is 43.9 Å². The highest BCUT2D eigenvalue weighted by atomic mass is 32.2. The molecule has 0 spiro atoms. The Labute approximate surface area is 119 Å². The molecule has 1 aromatic carbocycles. The maximum absolute atomic E-state index is 12.2. The fourth-order valence-electron chi connectivity index (χ4n) is 2.51. The average Bonchev–Trinajstić information content (AvgIpc) is 2.67. The van der Waals surface area contributed by atoms with Crippen molar-refractivity contribution in [2.24, 2.45) is 0 Å². The van der Waals surface area contributed by atoms with E-state index in [-0.39, 0.29) is 23.6 Å². The summed E-state index contributed by atoms with van der Waals surface area (Å²) in [6.45, 7) is 3.94. The van der Waals surface area contributed by atoms with Gasteiger partial charge in [-0.1, -0.05) is 6.07 Å². The second-order valence-electron chi connectivity index (χ2n) is 5.47. The molecule has 1 N–H and O–H groups in total. The molecule has 20 heavy (non-hydrogen) atoms. The largest absolute Gasteiger partial charge is 0.324 e. The quantitative estimate of drug-likeness (QED) is 0.907. The van der Waals surface area contributed by atoms with E-state index in [1.54, 1.807) is 7.05 Å². The van der Waals surface area contributed by atoms with Gasteiger partial charge in [-0.25, -0.2) is 13.2 Å². The van der Waals surface area contributed by atoms with Crippen LogP contribution in [0.4, 0.5) is 10.5 Å². The van der Waals surface area contributed by atoms with Gasteiger partial charge in [0, 0.05) is 18.8 Å². The van der Waals surface area contributed by atoms with Gasteiger partial charge < -0.3 is 10.2 Å². The second-order valence-corrected chi connectivity index (χ2v) is 7.70. The smallest absolute Gasteiger partial charge is 0.321 e. The number of hydrogen-bond donors (Lipinski definition) is 1. The lowest BCUT2D eigenvalue weighted by atomic mass is 10.1. The molecule has 110 valence electrons. The molecule has 1 saturated heterocycles. The minimum absolute atomic E-state index is 0.0593. The van der Waals surface area contributed by atoms with Gasteiger partial charge in [0.2, 0.25) is 0 Å². The molecule has 1 unspecified atom stereocenters. The van der Waals surface area contributed by atoms with E-state index in [0.29, 0.717) is 6.42 Å². The molecular formula is C14H20N2O3S. The van der Waals surface area contributed by atoms with E-state index >= 15 is 0 Å². The van der Waals surface area contributed by atoms with Crippen molar-refractivity contribution in [2.75, 3.05) is 23.9 Å². The molecule has 0 bridgehead atoms. The summed E-state index contributed by atoms with van der Waals surface area (Å²) >= 11 is 0. The maximum atomic E-state index is 12.2. The summed E-state index contributed by atoms with van der Waals surface area (Å²) < 4.78 is 22.9. The Morgan fingerprint density at radius 2 is 1.85 bits per heavy atom. The van der Waals surface area contributed by atoms with Gasteiger partial charge >= 0.3 is 6.03 Å². The van der Waals surface area contributed by atoms with Crippen LogP contribution in [0.15, 0.2) is 18.2 Å². The maximum Gasteiger partial charge on any atom is 0.321 e. The number of nitrogens with one attached hydrogen (secondary N) is 1. The zero-order chi connectivity index (χ0) is 14.9. The number of hydrogen-bond acceptors (Lipinski definition) is 3. The van der Waals surface area contributed by atoms with E-state index in [9.17, 15) is 13.2 Å². The third-order valence-corrected chi connectivity index (χ3v) is 5.30. The standard InChI is InChI=1S/C14H20N2O3S/c1-10-6-11(2)8-12(7-10)15-14(17)16(3)13-4-5-20(18,19)9-13/h6-8,13H,4-5,9H2,1-3H3,(H,15,17). The van der Waals surface area contributed by atoms with Crippen LogP contribution in [-0.2, 0) is 9.84 Å². The van der Waals surface area contributed by atoms with Gasteiger partial charge in [0.1, 0.15) is 0 Å². The Hall–Kier alpha value is -1.56. The Morgan fingerprint density at radius 3 is 2.35 bits per heavy atom. The van der Waals surface area contributed by atoms with Crippen LogP contribution in [0, 0.1) is 13.8 Å². The number of carbonyl (C=O) groups excluding carboxylic acids is 1.